The number of hydrogen-bond donors (Lipinski definition) is 4. The van der Waals surface area contributed by atoms with Crippen molar-refractivity contribution in [1.82, 2.24) is 0 Å². The van der Waals surface area contributed by atoms with Crippen molar-refractivity contribution in [2.75, 3.05) is 6.61 Å². The van der Waals surface area contributed by atoms with Crippen molar-refractivity contribution < 1.29 is 24.0 Å². The molecule has 0 aliphatic rings. The van der Waals surface area contributed by atoms with Crippen LogP contribution in [0.25, 0.3) is 6.08 Å². The largest absolute Gasteiger partial charge is 0.507 e. The molecule has 0 radical (unpaired) electrons. The van der Waals surface area contributed by atoms with E-state index in [0.29, 0.717) is 29.2 Å². The third-order valence-corrected chi connectivity index (χ3v) is 6.49. The number of hydrogen-bond acceptors (Lipinski definition) is 5. The van der Waals surface area contributed by atoms with Gasteiger partial charge < -0.3 is 20.6 Å². The Morgan fingerprint density at radius 3 is 2.60 bits per heavy atom. The molecular weight excluding hydrogens is 445 g/mol. The lowest BCUT2D eigenvalue weighted by Gasteiger charge is -2.29. The monoisotopic (exact) mass is 471 g/mol. The van der Waals surface area contributed by atoms with Crippen LogP contribution in [-0.4, -0.2) is 27.0 Å². The second-order valence-electron chi connectivity index (χ2n) is 7.16. The van der Waals surface area contributed by atoms with E-state index in [1.165, 1.54) is 11.8 Å². The van der Waals surface area contributed by atoms with E-state index < -0.39 is 13.4 Å². The maximum absolute atomic E-state index is 11.0. The molecular formula is C21H27ClNO5PS. The third kappa shape index (κ3) is 7.75. The highest BCUT2D eigenvalue weighted by Gasteiger charge is 2.28. The molecule has 0 saturated carbocycles. The standard InChI is InChI=1S/C21H27ClNO5PS/c1-3-10-21(23,14-28-29(25,26)27)11-9-16-6-7-17(13-18(16)22)30-20-12-15(4-2)5-8-19(20)24/h4-8,12-13,24H,2-3,9-11,14,23H2,1H3,(H2,25,26,27)/t21-/m0/s1. The van der Waals surface area contributed by atoms with Gasteiger partial charge in [0.25, 0.3) is 0 Å². The first-order valence-electron chi connectivity index (χ1n) is 9.46. The highest BCUT2D eigenvalue weighted by molar-refractivity contribution is 7.99. The van der Waals surface area contributed by atoms with Gasteiger partial charge in [-0.25, -0.2) is 4.57 Å². The number of halogens is 1. The van der Waals surface area contributed by atoms with Gasteiger partial charge in [0.1, 0.15) is 5.75 Å². The molecule has 2 aromatic rings. The molecule has 5 N–H and O–H groups in total. The van der Waals surface area contributed by atoms with E-state index in [0.717, 1.165) is 22.4 Å². The number of phenols is 1. The molecule has 1 atom stereocenters. The van der Waals surface area contributed by atoms with Gasteiger partial charge >= 0.3 is 7.82 Å². The molecule has 9 heteroatoms. The minimum atomic E-state index is -4.58. The fourth-order valence-electron chi connectivity index (χ4n) is 3.02. The van der Waals surface area contributed by atoms with Gasteiger partial charge in [-0.05, 0) is 54.7 Å². The van der Waals surface area contributed by atoms with E-state index in [2.05, 4.69) is 11.1 Å². The van der Waals surface area contributed by atoms with Gasteiger partial charge in [-0.3, -0.25) is 4.52 Å². The van der Waals surface area contributed by atoms with E-state index in [9.17, 15) is 9.67 Å². The van der Waals surface area contributed by atoms with Crippen LogP contribution in [0.15, 0.2) is 52.8 Å². The quantitative estimate of drug-likeness (QED) is 0.325. The zero-order chi connectivity index (χ0) is 22.4. The first-order valence-corrected chi connectivity index (χ1v) is 12.2. The molecule has 0 fully saturated rings. The van der Waals surface area contributed by atoms with Crippen molar-refractivity contribution in [3.05, 3.63) is 59.1 Å². The van der Waals surface area contributed by atoms with Crippen LogP contribution in [0.2, 0.25) is 5.02 Å². The first kappa shape index (κ1) is 25.0. The molecule has 0 heterocycles. The Hall–Kier alpha value is -1.31. The number of aryl methyl sites for hydroxylation is 1. The average Bonchev–Trinajstić information content (AvgIpc) is 2.67. The van der Waals surface area contributed by atoms with Crippen molar-refractivity contribution in [3.8, 4) is 5.75 Å². The Kier molecular flexibility index (Phi) is 9.00. The Morgan fingerprint density at radius 2 is 2.00 bits per heavy atom. The van der Waals surface area contributed by atoms with Crippen molar-refractivity contribution in [1.29, 1.82) is 0 Å². The second-order valence-corrected chi connectivity index (χ2v) is 9.92. The maximum Gasteiger partial charge on any atom is 0.469 e. The van der Waals surface area contributed by atoms with Crippen LogP contribution >= 0.6 is 31.2 Å². The molecule has 30 heavy (non-hydrogen) atoms. The molecule has 164 valence electrons. The van der Waals surface area contributed by atoms with E-state index in [4.69, 9.17) is 27.1 Å². The number of phenolic OH excluding ortho intramolecular Hbond substituents is 1. The maximum atomic E-state index is 11.0. The molecule has 0 aromatic heterocycles. The molecule has 0 spiro atoms. The molecule has 0 aliphatic heterocycles. The fourth-order valence-corrected chi connectivity index (χ4v) is 4.72. The molecule has 2 aromatic carbocycles. The molecule has 0 saturated heterocycles. The second kappa shape index (κ2) is 10.8. The Morgan fingerprint density at radius 1 is 1.27 bits per heavy atom. The van der Waals surface area contributed by atoms with Crippen LogP contribution < -0.4 is 5.73 Å². The summed E-state index contributed by atoms with van der Waals surface area (Å²) >= 11 is 7.86. The van der Waals surface area contributed by atoms with Crippen molar-refractivity contribution in [2.24, 2.45) is 5.73 Å². The van der Waals surface area contributed by atoms with Crippen LogP contribution in [0.1, 0.15) is 37.3 Å². The predicted molar refractivity (Wildman–Crippen MR) is 122 cm³/mol. The number of aromatic hydroxyl groups is 1. The lowest BCUT2D eigenvalue weighted by molar-refractivity contribution is 0.141. The molecule has 6 nitrogen and oxygen atoms in total. The van der Waals surface area contributed by atoms with Crippen LogP contribution in [-0.2, 0) is 15.5 Å². The summed E-state index contributed by atoms with van der Waals surface area (Å²) in [5.41, 5.74) is 7.27. The van der Waals surface area contributed by atoms with E-state index in [1.807, 2.05) is 31.2 Å². The molecule has 0 unspecified atom stereocenters. The van der Waals surface area contributed by atoms with Gasteiger partial charge in [-0.15, -0.1) is 0 Å². The minimum Gasteiger partial charge on any atom is -0.507 e. The lowest BCUT2D eigenvalue weighted by atomic mass is 9.89. The molecule has 0 bridgehead atoms. The first-order chi connectivity index (χ1) is 14.0. The van der Waals surface area contributed by atoms with Gasteiger partial charge in [-0.2, -0.15) is 0 Å². The van der Waals surface area contributed by atoms with Gasteiger partial charge in [0, 0.05) is 15.5 Å². The summed E-state index contributed by atoms with van der Waals surface area (Å²) in [4.78, 5) is 19.5. The van der Waals surface area contributed by atoms with E-state index in [-0.39, 0.29) is 12.4 Å². The summed E-state index contributed by atoms with van der Waals surface area (Å²) in [6.45, 7) is 5.47. The van der Waals surface area contributed by atoms with Crippen LogP contribution in [0.4, 0.5) is 0 Å². The van der Waals surface area contributed by atoms with Gasteiger partial charge in [0.05, 0.1) is 11.5 Å². The molecule has 2 rings (SSSR count). The zero-order valence-electron chi connectivity index (χ0n) is 16.8. The topological polar surface area (TPSA) is 113 Å². The third-order valence-electron chi connectivity index (χ3n) is 4.63. The number of nitrogens with two attached hydrogens (primary N) is 1. The molecule has 0 amide bonds. The molecule has 0 aliphatic carbocycles. The summed E-state index contributed by atoms with van der Waals surface area (Å²) in [5.74, 6) is 0.184. The highest BCUT2D eigenvalue weighted by Crippen LogP contribution is 2.39. The van der Waals surface area contributed by atoms with Crippen LogP contribution in [0.5, 0.6) is 5.75 Å². The average molecular weight is 472 g/mol. The van der Waals surface area contributed by atoms with Crippen molar-refractivity contribution in [3.63, 3.8) is 0 Å². The van der Waals surface area contributed by atoms with E-state index >= 15 is 0 Å². The van der Waals surface area contributed by atoms with Crippen LogP contribution in [0.3, 0.4) is 0 Å². The summed E-state index contributed by atoms with van der Waals surface area (Å²) in [5, 5.41) is 10.6. The highest BCUT2D eigenvalue weighted by atomic mass is 35.5. The van der Waals surface area contributed by atoms with Gasteiger partial charge in [-0.1, -0.05) is 61.5 Å². The van der Waals surface area contributed by atoms with Gasteiger partial charge in [0.2, 0.25) is 0 Å². The predicted octanol–water partition coefficient (Wildman–Crippen LogP) is 5.38. The minimum absolute atomic E-state index is 0.184. The van der Waals surface area contributed by atoms with Crippen molar-refractivity contribution >= 4 is 37.3 Å². The Balaban J connectivity index is 2.09. The Bertz CT molecular complexity index is 936. The summed E-state index contributed by atoms with van der Waals surface area (Å²) in [6, 6.07) is 10.9. The van der Waals surface area contributed by atoms with E-state index in [1.54, 1.807) is 18.2 Å². The van der Waals surface area contributed by atoms with Gasteiger partial charge in [0.15, 0.2) is 0 Å². The number of rotatable bonds is 11. The number of phosphoric ester groups is 1. The Labute approximate surface area is 186 Å². The smallest absolute Gasteiger partial charge is 0.469 e. The summed E-state index contributed by atoms with van der Waals surface area (Å²) < 4.78 is 15.7. The summed E-state index contributed by atoms with van der Waals surface area (Å²) in [7, 11) is -4.58. The fraction of sp³-hybridized carbons (Fsp3) is 0.333. The normalized spacial score (nSPS) is 13.8. The van der Waals surface area contributed by atoms with Crippen molar-refractivity contribution in [2.45, 2.75) is 47.9 Å². The number of benzene rings is 2. The SMILES string of the molecule is C=Cc1ccc(O)c(Sc2ccc(CC[C@@](N)(CCC)COP(=O)(O)O)c(Cl)c2)c1. The summed E-state index contributed by atoms with van der Waals surface area (Å²) in [6.07, 6.45) is 4.05. The lowest BCUT2D eigenvalue weighted by Crippen LogP contribution is -2.44. The van der Waals surface area contributed by atoms with Crippen LogP contribution in [0, 0.1) is 0 Å². The zero-order valence-corrected chi connectivity index (χ0v) is 19.2. The number of phosphoric acid groups is 1.